The topological polar surface area (TPSA) is 88.1 Å². The summed E-state index contributed by atoms with van der Waals surface area (Å²) in [5, 5.41) is 6.40. The molecule has 1 saturated heterocycles. The van der Waals surface area contributed by atoms with Crippen molar-refractivity contribution in [2.45, 2.75) is 37.9 Å². The van der Waals surface area contributed by atoms with Crippen LogP contribution in [0.2, 0.25) is 0 Å². The molecule has 0 aromatic carbocycles. The number of ether oxygens (including phenoxy) is 1. The summed E-state index contributed by atoms with van der Waals surface area (Å²) in [5.74, 6) is 0.661. The highest BCUT2D eigenvalue weighted by atomic mass is 32.1. The first-order chi connectivity index (χ1) is 16.5. The van der Waals surface area contributed by atoms with Gasteiger partial charge in [0, 0.05) is 25.3 Å². The van der Waals surface area contributed by atoms with Gasteiger partial charge in [-0.05, 0) is 31.0 Å². The predicted molar refractivity (Wildman–Crippen MR) is 125 cm³/mol. The second kappa shape index (κ2) is 9.71. The van der Waals surface area contributed by atoms with Crippen LogP contribution in [0.3, 0.4) is 0 Å². The molecule has 0 spiro atoms. The summed E-state index contributed by atoms with van der Waals surface area (Å²) in [7, 11) is 0. The lowest BCUT2D eigenvalue weighted by molar-refractivity contribution is -0.140. The Morgan fingerprint density at radius 2 is 1.82 bits per heavy atom. The minimum atomic E-state index is -4.59. The van der Waals surface area contributed by atoms with E-state index in [1.54, 1.807) is 12.3 Å². The normalized spacial score (nSPS) is 17.2. The Kier molecular flexibility index (Phi) is 6.50. The fourth-order valence-corrected chi connectivity index (χ4v) is 5.15. The molecule has 34 heavy (non-hydrogen) atoms. The van der Waals surface area contributed by atoms with Crippen molar-refractivity contribution in [3.05, 3.63) is 36.3 Å². The van der Waals surface area contributed by atoms with E-state index in [0.717, 1.165) is 55.8 Å². The van der Waals surface area contributed by atoms with Crippen LogP contribution in [0.5, 0.6) is 0 Å². The highest BCUT2D eigenvalue weighted by molar-refractivity contribution is 7.19. The fraction of sp³-hybridized carbons (Fsp3) is 0.455. The van der Waals surface area contributed by atoms with Crippen molar-refractivity contribution in [3.8, 4) is 10.6 Å². The lowest BCUT2D eigenvalue weighted by Crippen LogP contribution is -2.36. The molecular formula is C22H24F3N7OS. The molecular weight excluding hydrogens is 467 g/mol. The molecule has 180 valence electrons. The number of nitrogens with one attached hydrogen (secondary N) is 2. The maximum absolute atomic E-state index is 13.7. The number of thiazole rings is 1. The van der Waals surface area contributed by atoms with Crippen molar-refractivity contribution < 1.29 is 17.9 Å². The first-order valence-corrected chi connectivity index (χ1v) is 12.0. The summed E-state index contributed by atoms with van der Waals surface area (Å²) in [6, 6.07) is 5.34. The molecule has 4 heterocycles. The van der Waals surface area contributed by atoms with Crippen molar-refractivity contribution in [3.63, 3.8) is 0 Å². The molecule has 5 rings (SSSR count). The average molecular weight is 492 g/mol. The summed E-state index contributed by atoms with van der Waals surface area (Å²) in [6.45, 7) is 2.95. The zero-order chi connectivity index (χ0) is 23.5. The molecule has 2 aliphatic rings. The van der Waals surface area contributed by atoms with Gasteiger partial charge in [0.15, 0.2) is 10.8 Å². The fourth-order valence-electron chi connectivity index (χ4n) is 4.12. The number of halogens is 3. The van der Waals surface area contributed by atoms with Crippen molar-refractivity contribution >= 4 is 33.9 Å². The molecule has 2 N–H and O–H groups in total. The molecule has 12 heteroatoms. The first-order valence-electron chi connectivity index (χ1n) is 11.2. The minimum Gasteiger partial charge on any atom is -0.378 e. The van der Waals surface area contributed by atoms with Crippen LogP contribution in [0.1, 0.15) is 31.4 Å². The van der Waals surface area contributed by atoms with Gasteiger partial charge in [0.2, 0.25) is 5.95 Å². The van der Waals surface area contributed by atoms with Crippen LogP contribution in [0.4, 0.5) is 35.8 Å². The number of pyridine rings is 1. The Morgan fingerprint density at radius 3 is 2.53 bits per heavy atom. The van der Waals surface area contributed by atoms with Gasteiger partial charge in [-0.1, -0.05) is 24.2 Å². The molecule has 1 aliphatic heterocycles. The van der Waals surface area contributed by atoms with Crippen molar-refractivity contribution in [2.75, 3.05) is 41.8 Å². The Labute approximate surface area is 198 Å². The smallest absolute Gasteiger partial charge is 0.378 e. The van der Waals surface area contributed by atoms with E-state index in [2.05, 4.69) is 35.5 Å². The maximum Gasteiger partial charge on any atom is 0.434 e. The van der Waals surface area contributed by atoms with E-state index in [9.17, 15) is 13.2 Å². The quantitative estimate of drug-likeness (QED) is 0.501. The second-order valence-corrected chi connectivity index (χ2v) is 9.21. The average Bonchev–Trinajstić information content (AvgIpc) is 3.51. The van der Waals surface area contributed by atoms with E-state index < -0.39 is 11.9 Å². The summed E-state index contributed by atoms with van der Waals surface area (Å²) in [6.07, 6.45) is 2.61. The van der Waals surface area contributed by atoms with Crippen LogP contribution >= 0.6 is 11.3 Å². The summed E-state index contributed by atoms with van der Waals surface area (Å²) in [5.41, 5.74) is 0.202. The summed E-state index contributed by atoms with van der Waals surface area (Å²) >= 11 is 0.967. The maximum atomic E-state index is 13.7. The van der Waals surface area contributed by atoms with E-state index in [-0.39, 0.29) is 27.7 Å². The number of rotatable bonds is 6. The third-order valence-corrected chi connectivity index (χ3v) is 6.84. The monoisotopic (exact) mass is 491 g/mol. The lowest BCUT2D eigenvalue weighted by Gasteiger charge is -2.28. The molecule has 3 aromatic heterocycles. The Bertz CT molecular complexity index is 1110. The number of hydrogen-bond acceptors (Lipinski definition) is 9. The number of anilines is 4. The molecule has 1 saturated carbocycles. The summed E-state index contributed by atoms with van der Waals surface area (Å²) < 4.78 is 46.6. The third-order valence-electron chi connectivity index (χ3n) is 5.83. The molecule has 0 unspecified atom stereocenters. The number of morpholine rings is 1. The molecule has 2 fully saturated rings. The van der Waals surface area contributed by atoms with Crippen molar-refractivity contribution in [1.29, 1.82) is 0 Å². The molecule has 0 radical (unpaired) electrons. The van der Waals surface area contributed by atoms with Crippen molar-refractivity contribution in [2.24, 2.45) is 0 Å². The van der Waals surface area contributed by atoms with E-state index in [4.69, 9.17) is 4.74 Å². The molecule has 0 atom stereocenters. The number of nitrogens with zero attached hydrogens (tertiary/aromatic N) is 5. The SMILES string of the molecule is FC(F)(F)c1nc(NC2CCCC2)sc1-c1ccnc(Nc2ccc(N3CCOCC3)cn2)n1. The molecule has 0 bridgehead atoms. The Morgan fingerprint density at radius 1 is 1.03 bits per heavy atom. The lowest BCUT2D eigenvalue weighted by atomic mass is 10.2. The van der Waals surface area contributed by atoms with Gasteiger partial charge in [0.05, 0.1) is 35.7 Å². The van der Waals surface area contributed by atoms with E-state index in [1.807, 2.05) is 6.07 Å². The molecule has 1 aliphatic carbocycles. The van der Waals surface area contributed by atoms with Gasteiger partial charge in [-0.2, -0.15) is 13.2 Å². The van der Waals surface area contributed by atoms with Crippen LogP contribution < -0.4 is 15.5 Å². The Balaban J connectivity index is 1.35. The van der Waals surface area contributed by atoms with Gasteiger partial charge in [0.1, 0.15) is 5.82 Å². The third kappa shape index (κ3) is 5.22. The second-order valence-electron chi connectivity index (χ2n) is 8.21. The highest BCUT2D eigenvalue weighted by Gasteiger charge is 2.38. The van der Waals surface area contributed by atoms with E-state index in [1.165, 1.54) is 12.3 Å². The van der Waals surface area contributed by atoms with Gasteiger partial charge in [-0.3, -0.25) is 0 Å². The van der Waals surface area contributed by atoms with Crippen LogP contribution in [0, 0.1) is 0 Å². The van der Waals surface area contributed by atoms with Gasteiger partial charge in [-0.15, -0.1) is 0 Å². The van der Waals surface area contributed by atoms with Crippen LogP contribution in [0.25, 0.3) is 10.6 Å². The Hall–Kier alpha value is -2.99. The zero-order valence-corrected chi connectivity index (χ0v) is 19.1. The zero-order valence-electron chi connectivity index (χ0n) is 18.3. The van der Waals surface area contributed by atoms with Gasteiger partial charge in [-0.25, -0.2) is 19.9 Å². The van der Waals surface area contributed by atoms with Gasteiger partial charge in [0.25, 0.3) is 0 Å². The first kappa shape index (κ1) is 22.8. The standard InChI is InChI=1S/C22H24F3N7OS/c23-22(24,25)19-18(34-21(31-19)28-14-3-1-2-4-14)16-7-8-26-20(29-16)30-17-6-5-15(13-27-17)32-9-11-33-12-10-32/h5-8,13-14H,1-4,9-12H2,(H,28,31)(H,26,27,29,30). The van der Waals surface area contributed by atoms with E-state index in [0.29, 0.717) is 19.0 Å². The summed E-state index contributed by atoms with van der Waals surface area (Å²) in [4.78, 5) is 18.9. The van der Waals surface area contributed by atoms with Gasteiger partial charge < -0.3 is 20.3 Å². The molecule has 0 amide bonds. The minimum absolute atomic E-state index is 0.0333. The number of hydrogen-bond donors (Lipinski definition) is 2. The van der Waals surface area contributed by atoms with Crippen LogP contribution in [-0.2, 0) is 10.9 Å². The van der Waals surface area contributed by atoms with Gasteiger partial charge >= 0.3 is 6.18 Å². The van der Waals surface area contributed by atoms with Crippen LogP contribution in [0.15, 0.2) is 30.6 Å². The number of alkyl halides is 3. The predicted octanol–water partition coefficient (Wildman–Crippen LogP) is 4.95. The van der Waals surface area contributed by atoms with Crippen molar-refractivity contribution in [1.82, 2.24) is 19.9 Å². The van der Waals surface area contributed by atoms with Crippen LogP contribution in [-0.4, -0.2) is 52.3 Å². The van der Waals surface area contributed by atoms with E-state index >= 15 is 0 Å². The highest BCUT2D eigenvalue weighted by Crippen LogP contribution is 2.42. The largest absolute Gasteiger partial charge is 0.434 e. The number of aromatic nitrogens is 4. The molecule has 3 aromatic rings. The molecule has 8 nitrogen and oxygen atoms in total.